The van der Waals surface area contributed by atoms with Crippen LogP contribution in [0.1, 0.15) is 43.4 Å². The van der Waals surface area contributed by atoms with Gasteiger partial charge in [-0.05, 0) is 36.8 Å². The quantitative estimate of drug-likeness (QED) is 0.734. The van der Waals surface area contributed by atoms with E-state index in [9.17, 15) is 8.42 Å². The molecule has 0 unspecified atom stereocenters. The minimum atomic E-state index is -3.09. The molecule has 5 nitrogen and oxygen atoms in total. The Hall–Kier alpha value is -0.950. The molecule has 0 aromatic heterocycles. The standard InChI is InChI=1S/C18H29N3O2S/c1-2-13-24(22,23)20-10-9-19-16-8-12-21-11-7-15-5-3-4-6-17(15)18(21)14-16/h3-6,16,18-20H,2,7-14H2,1H3/t16-,18+/m1/s1. The van der Waals surface area contributed by atoms with Crippen molar-refractivity contribution < 1.29 is 8.42 Å². The molecule has 1 fully saturated rings. The Bertz CT molecular complexity index is 647. The highest BCUT2D eigenvalue weighted by molar-refractivity contribution is 7.89. The molecule has 2 heterocycles. The van der Waals surface area contributed by atoms with Gasteiger partial charge < -0.3 is 5.32 Å². The van der Waals surface area contributed by atoms with Crippen molar-refractivity contribution >= 4 is 10.0 Å². The summed E-state index contributed by atoms with van der Waals surface area (Å²) in [7, 11) is -3.09. The molecule has 1 aromatic rings. The average Bonchev–Trinajstić information content (AvgIpc) is 2.58. The lowest BCUT2D eigenvalue weighted by Crippen LogP contribution is -2.48. The molecule has 0 radical (unpaired) electrons. The third-order valence-electron chi connectivity index (χ3n) is 5.15. The summed E-state index contributed by atoms with van der Waals surface area (Å²) in [6.45, 7) is 5.34. The summed E-state index contributed by atoms with van der Waals surface area (Å²) in [6.07, 6.45) is 4.06. The van der Waals surface area contributed by atoms with Crippen LogP contribution in [0, 0.1) is 0 Å². The Labute approximate surface area is 145 Å². The van der Waals surface area contributed by atoms with Gasteiger partial charge in [0, 0.05) is 38.3 Å². The van der Waals surface area contributed by atoms with Crippen LogP contribution in [0.15, 0.2) is 24.3 Å². The molecule has 0 bridgehead atoms. The third kappa shape index (κ3) is 4.36. The number of nitrogens with one attached hydrogen (secondary N) is 2. The van der Waals surface area contributed by atoms with Gasteiger partial charge in [0.25, 0.3) is 0 Å². The van der Waals surface area contributed by atoms with Crippen molar-refractivity contribution in [3.63, 3.8) is 0 Å². The second-order valence-corrected chi connectivity index (χ2v) is 8.82. The minimum Gasteiger partial charge on any atom is -0.313 e. The van der Waals surface area contributed by atoms with E-state index < -0.39 is 10.0 Å². The summed E-state index contributed by atoms with van der Waals surface area (Å²) in [6, 6.07) is 9.78. The molecule has 0 aliphatic carbocycles. The first-order valence-corrected chi connectivity index (χ1v) is 10.8. The zero-order valence-corrected chi connectivity index (χ0v) is 15.3. The fraction of sp³-hybridized carbons (Fsp3) is 0.667. The van der Waals surface area contributed by atoms with Gasteiger partial charge in [-0.2, -0.15) is 0 Å². The second kappa shape index (κ2) is 7.95. The van der Waals surface area contributed by atoms with Crippen LogP contribution >= 0.6 is 0 Å². The highest BCUT2D eigenvalue weighted by atomic mass is 32.2. The number of nitrogens with zero attached hydrogens (tertiary/aromatic N) is 1. The fourth-order valence-electron chi connectivity index (χ4n) is 3.97. The van der Waals surface area contributed by atoms with Crippen LogP contribution in [0.25, 0.3) is 0 Å². The number of hydrogen-bond acceptors (Lipinski definition) is 4. The molecular formula is C18H29N3O2S. The Morgan fingerprint density at radius 3 is 2.88 bits per heavy atom. The maximum atomic E-state index is 11.7. The van der Waals surface area contributed by atoms with E-state index in [-0.39, 0.29) is 5.75 Å². The van der Waals surface area contributed by atoms with Crippen LogP contribution in [-0.4, -0.2) is 51.3 Å². The summed E-state index contributed by atoms with van der Waals surface area (Å²) in [5.74, 6) is 0.213. The van der Waals surface area contributed by atoms with Gasteiger partial charge in [0.15, 0.2) is 0 Å². The molecule has 6 heteroatoms. The summed E-state index contributed by atoms with van der Waals surface area (Å²) >= 11 is 0. The van der Waals surface area contributed by atoms with Gasteiger partial charge in [0.05, 0.1) is 5.75 Å². The number of rotatable bonds is 7. The number of sulfonamides is 1. The molecule has 0 saturated carbocycles. The number of hydrogen-bond donors (Lipinski definition) is 2. The molecule has 2 atom stereocenters. The topological polar surface area (TPSA) is 61.4 Å². The van der Waals surface area contributed by atoms with Gasteiger partial charge >= 0.3 is 0 Å². The first-order chi connectivity index (χ1) is 11.6. The van der Waals surface area contributed by atoms with Gasteiger partial charge in [-0.25, -0.2) is 13.1 Å². The maximum absolute atomic E-state index is 11.7. The van der Waals surface area contributed by atoms with Crippen molar-refractivity contribution in [2.75, 3.05) is 31.9 Å². The Kier molecular flexibility index (Phi) is 5.92. The third-order valence-corrected chi connectivity index (χ3v) is 6.74. The molecule has 0 spiro atoms. The van der Waals surface area contributed by atoms with E-state index in [1.54, 1.807) is 0 Å². The van der Waals surface area contributed by atoms with Crippen LogP contribution in [0.2, 0.25) is 0 Å². The molecule has 24 heavy (non-hydrogen) atoms. The molecule has 1 aromatic carbocycles. The highest BCUT2D eigenvalue weighted by Gasteiger charge is 2.32. The normalized spacial score (nSPS) is 24.4. The Balaban J connectivity index is 1.50. The van der Waals surface area contributed by atoms with Crippen molar-refractivity contribution in [2.24, 2.45) is 0 Å². The van der Waals surface area contributed by atoms with Crippen LogP contribution in [0.5, 0.6) is 0 Å². The second-order valence-electron chi connectivity index (χ2n) is 6.89. The van der Waals surface area contributed by atoms with E-state index in [0.717, 1.165) is 32.4 Å². The Morgan fingerprint density at radius 1 is 1.21 bits per heavy atom. The van der Waals surface area contributed by atoms with Crippen LogP contribution in [0.3, 0.4) is 0 Å². The smallest absolute Gasteiger partial charge is 0.211 e. The lowest BCUT2D eigenvalue weighted by Gasteiger charge is -2.43. The molecule has 0 amide bonds. The van der Waals surface area contributed by atoms with Crippen molar-refractivity contribution in [3.05, 3.63) is 35.4 Å². The lowest BCUT2D eigenvalue weighted by molar-refractivity contribution is 0.116. The van der Waals surface area contributed by atoms with Crippen molar-refractivity contribution in [3.8, 4) is 0 Å². The van der Waals surface area contributed by atoms with Crippen molar-refractivity contribution in [1.29, 1.82) is 0 Å². The van der Waals surface area contributed by atoms with Gasteiger partial charge in [0.1, 0.15) is 0 Å². The molecule has 3 rings (SSSR count). The molecule has 2 aliphatic rings. The largest absolute Gasteiger partial charge is 0.313 e. The number of benzene rings is 1. The molecule has 134 valence electrons. The predicted octanol–water partition coefficient (Wildman–Crippen LogP) is 1.67. The van der Waals surface area contributed by atoms with Gasteiger partial charge in [-0.15, -0.1) is 0 Å². The van der Waals surface area contributed by atoms with E-state index in [0.29, 0.717) is 31.6 Å². The van der Waals surface area contributed by atoms with Gasteiger partial charge in [-0.1, -0.05) is 31.2 Å². The van der Waals surface area contributed by atoms with Gasteiger partial charge in [0.2, 0.25) is 10.0 Å². The zero-order valence-electron chi connectivity index (χ0n) is 14.5. The van der Waals surface area contributed by atoms with E-state index in [4.69, 9.17) is 0 Å². The fourth-order valence-corrected chi connectivity index (χ4v) is 5.06. The van der Waals surface area contributed by atoms with E-state index in [2.05, 4.69) is 39.2 Å². The SMILES string of the molecule is CCCS(=O)(=O)NCCN[C@@H]1CCN2CCc3ccccc3[C@@H]2C1. The van der Waals surface area contributed by atoms with Crippen LogP contribution < -0.4 is 10.0 Å². The summed E-state index contributed by atoms with van der Waals surface area (Å²) in [5.41, 5.74) is 2.98. The van der Waals surface area contributed by atoms with Crippen molar-refractivity contribution in [1.82, 2.24) is 14.9 Å². The Morgan fingerprint density at radius 2 is 2.04 bits per heavy atom. The highest BCUT2D eigenvalue weighted by Crippen LogP contribution is 2.36. The van der Waals surface area contributed by atoms with Crippen LogP contribution in [-0.2, 0) is 16.4 Å². The molecule has 2 aliphatic heterocycles. The van der Waals surface area contributed by atoms with Crippen molar-refractivity contribution in [2.45, 2.75) is 44.7 Å². The maximum Gasteiger partial charge on any atom is 0.211 e. The monoisotopic (exact) mass is 351 g/mol. The van der Waals surface area contributed by atoms with E-state index >= 15 is 0 Å². The van der Waals surface area contributed by atoms with Gasteiger partial charge in [-0.3, -0.25) is 4.90 Å². The average molecular weight is 352 g/mol. The van der Waals surface area contributed by atoms with E-state index in [1.165, 1.54) is 11.1 Å². The first-order valence-electron chi connectivity index (χ1n) is 9.11. The van der Waals surface area contributed by atoms with E-state index in [1.807, 2.05) is 6.92 Å². The summed E-state index contributed by atoms with van der Waals surface area (Å²) < 4.78 is 26.0. The summed E-state index contributed by atoms with van der Waals surface area (Å²) in [5, 5.41) is 3.55. The molecule has 2 N–H and O–H groups in total. The van der Waals surface area contributed by atoms with Crippen LogP contribution in [0.4, 0.5) is 0 Å². The first kappa shape index (κ1) is 17.9. The summed E-state index contributed by atoms with van der Waals surface area (Å²) in [4.78, 5) is 2.60. The lowest BCUT2D eigenvalue weighted by atomic mass is 9.85. The molecular weight excluding hydrogens is 322 g/mol. The minimum absolute atomic E-state index is 0.213. The predicted molar refractivity (Wildman–Crippen MR) is 97.6 cm³/mol. The molecule has 1 saturated heterocycles. The number of fused-ring (bicyclic) bond motifs is 3. The zero-order chi connectivity index (χ0) is 17.0. The number of piperidine rings is 1.